The summed E-state index contributed by atoms with van der Waals surface area (Å²) < 4.78 is 6.37. The Hall–Kier alpha value is -7.42. The van der Waals surface area contributed by atoms with Crippen molar-refractivity contribution >= 4 is 95.3 Å². The zero-order chi connectivity index (χ0) is 41.4. The maximum Gasteiger partial charge on any atom is 0.164 e. The van der Waals surface area contributed by atoms with Crippen LogP contribution in [0.1, 0.15) is 0 Å². The Morgan fingerprint density at radius 2 is 0.841 bits per heavy atom. The Bertz CT molecular complexity index is 3920. The van der Waals surface area contributed by atoms with Crippen molar-refractivity contribution < 1.29 is 0 Å². The summed E-state index contributed by atoms with van der Waals surface area (Å²) in [4.78, 5) is 20.9. The molecule has 4 aromatic heterocycles. The van der Waals surface area contributed by atoms with E-state index in [0.717, 1.165) is 49.1 Å². The molecule has 294 valence electrons. The molecule has 0 aliphatic rings. The van der Waals surface area contributed by atoms with Gasteiger partial charge in [-0.2, -0.15) is 0 Å². The molecule has 13 aromatic rings. The minimum absolute atomic E-state index is 0.638. The van der Waals surface area contributed by atoms with Crippen LogP contribution in [-0.2, 0) is 0 Å². The Kier molecular flexibility index (Phi) is 8.40. The number of nitrogens with zero attached hydrogens (tertiary/aromatic N) is 4. The van der Waals surface area contributed by atoms with E-state index < -0.39 is 0 Å². The molecule has 0 amide bonds. The smallest absolute Gasteiger partial charge is 0.164 e. The predicted molar refractivity (Wildman–Crippen MR) is 269 cm³/mol. The van der Waals surface area contributed by atoms with Crippen molar-refractivity contribution in [3.63, 3.8) is 0 Å². The molecule has 0 fully saturated rings. The summed E-state index contributed by atoms with van der Waals surface area (Å²) in [6, 6.07) is 68.7. The number of thiophene rings is 2. The average Bonchev–Trinajstić information content (AvgIpc) is 4.08. The fourth-order valence-electron chi connectivity index (χ4n) is 9.16. The third kappa shape index (κ3) is 5.93. The lowest BCUT2D eigenvalue weighted by Crippen LogP contribution is -2.01. The van der Waals surface area contributed by atoms with E-state index >= 15 is 0 Å². The van der Waals surface area contributed by atoms with E-state index in [4.69, 9.17) is 19.9 Å². The van der Waals surface area contributed by atoms with E-state index in [0.29, 0.717) is 17.5 Å². The van der Waals surface area contributed by atoms with E-state index in [1.807, 2.05) is 58.3 Å². The molecule has 13 rings (SSSR count). The Labute approximate surface area is 374 Å². The average molecular weight is 857 g/mol. The Balaban J connectivity index is 0.975. The van der Waals surface area contributed by atoms with E-state index in [2.05, 4.69) is 170 Å². The first-order chi connectivity index (χ1) is 31.2. The molecule has 4 heterocycles. The first-order valence-corrected chi connectivity index (χ1v) is 23.3. The molecule has 0 saturated heterocycles. The zero-order valence-corrected chi connectivity index (χ0v) is 35.9. The van der Waals surface area contributed by atoms with Crippen molar-refractivity contribution in [3.05, 3.63) is 194 Å². The highest BCUT2D eigenvalue weighted by molar-refractivity contribution is 7.28. The highest BCUT2D eigenvalue weighted by atomic mass is 32.1. The second-order valence-corrected chi connectivity index (χ2v) is 18.8. The molecule has 0 aliphatic heterocycles. The SMILES string of the molecule is c1ccc(-c2nc(-c3ccccc3-c3ccccc3)nc(-c3ccc(-c4cccc5c4sc4ccc6nc(-c7cccc8sc9ccccc9c78)sc6c45)c4ccccc34)n2)cc1. The number of thiazole rings is 1. The Morgan fingerprint density at radius 3 is 1.67 bits per heavy atom. The van der Waals surface area contributed by atoms with Gasteiger partial charge in [-0.05, 0) is 57.8 Å². The van der Waals surface area contributed by atoms with Crippen LogP contribution in [0.2, 0.25) is 0 Å². The van der Waals surface area contributed by atoms with Gasteiger partial charge in [0.15, 0.2) is 17.5 Å². The van der Waals surface area contributed by atoms with E-state index in [9.17, 15) is 0 Å². The minimum Gasteiger partial charge on any atom is -0.236 e. The molecule has 0 radical (unpaired) electrons. The van der Waals surface area contributed by atoms with Crippen LogP contribution >= 0.6 is 34.0 Å². The first kappa shape index (κ1) is 36.3. The molecule has 7 heteroatoms. The molecule has 0 atom stereocenters. The molecule has 4 nitrogen and oxygen atoms in total. The van der Waals surface area contributed by atoms with E-state index in [-0.39, 0.29) is 0 Å². The number of aromatic nitrogens is 4. The third-order valence-corrected chi connectivity index (χ3v) is 15.5. The van der Waals surface area contributed by atoms with Crippen molar-refractivity contribution in [2.75, 3.05) is 0 Å². The lowest BCUT2D eigenvalue weighted by atomic mass is 9.93. The Morgan fingerprint density at radius 1 is 0.270 bits per heavy atom. The monoisotopic (exact) mass is 856 g/mol. The van der Waals surface area contributed by atoms with Gasteiger partial charge in [0, 0.05) is 68.2 Å². The van der Waals surface area contributed by atoms with Crippen molar-refractivity contribution in [2.24, 2.45) is 0 Å². The van der Waals surface area contributed by atoms with E-state index in [1.165, 1.54) is 61.7 Å². The van der Waals surface area contributed by atoms with Crippen molar-refractivity contribution in [3.8, 4) is 67.0 Å². The van der Waals surface area contributed by atoms with Gasteiger partial charge in [-0.1, -0.05) is 164 Å². The molecule has 9 aromatic carbocycles. The summed E-state index contributed by atoms with van der Waals surface area (Å²) >= 11 is 5.52. The van der Waals surface area contributed by atoms with Gasteiger partial charge >= 0.3 is 0 Å². The fourth-order valence-corrected chi connectivity index (χ4v) is 12.8. The number of fused-ring (bicyclic) bond motifs is 9. The van der Waals surface area contributed by atoms with E-state index in [1.54, 1.807) is 0 Å². The molecule has 0 unspecified atom stereocenters. The molecule has 0 aliphatic carbocycles. The molecule has 0 N–H and O–H groups in total. The minimum atomic E-state index is 0.638. The van der Waals surface area contributed by atoms with Crippen LogP contribution in [0.4, 0.5) is 0 Å². The second-order valence-electron chi connectivity index (χ2n) is 15.7. The number of rotatable bonds is 6. The van der Waals surface area contributed by atoms with Gasteiger partial charge in [0.05, 0.1) is 10.2 Å². The van der Waals surface area contributed by atoms with Crippen molar-refractivity contribution in [2.45, 2.75) is 0 Å². The summed E-state index contributed by atoms with van der Waals surface area (Å²) in [5, 5.41) is 8.42. The summed E-state index contributed by atoms with van der Waals surface area (Å²) in [6.45, 7) is 0. The molecule has 0 bridgehead atoms. The summed E-state index contributed by atoms with van der Waals surface area (Å²) in [7, 11) is 0. The summed E-state index contributed by atoms with van der Waals surface area (Å²) in [5.41, 5.74) is 9.68. The highest BCUT2D eigenvalue weighted by Crippen LogP contribution is 2.48. The van der Waals surface area contributed by atoms with Crippen molar-refractivity contribution in [1.82, 2.24) is 19.9 Å². The topological polar surface area (TPSA) is 51.6 Å². The van der Waals surface area contributed by atoms with Crippen LogP contribution in [0.3, 0.4) is 0 Å². The number of hydrogen-bond acceptors (Lipinski definition) is 7. The lowest BCUT2D eigenvalue weighted by Gasteiger charge is -2.14. The van der Waals surface area contributed by atoms with Crippen LogP contribution in [0, 0.1) is 0 Å². The fraction of sp³-hybridized carbons (Fsp3) is 0. The molecule has 63 heavy (non-hydrogen) atoms. The van der Waals surface area contributed by atoms with Crippen LogP contribution < -0.4 is 0 Å². The first-order valence-electron chi connectivity index (χ1n) is 20.9. The summed E-state index contributed by atoms with van der Waals surface area (Å²) in [5.74, 6) is 1.91. The molecule has 0 spiro atoms. The standard InChI is InChI=1S/C56H32N4S3/c1-3-15-33(16-4-1)35-19-7-10-22-40(35)54-58-53(34-17-5-2-6-18-34)59-55(60-54)41-30-29-38(36-20-8-9-21-37(36)41)39-24-13-25-43-50-48(62-51(39)43)32-31-45-52(50)63-56(57-45)44-26-14-28-47-49(44)42-23-11-12-27-46(42)61-47/h1-32H. The van der Waals surface area contributed by atoms with Crippen LogP contribution in [-0.4, -0.2) is 19.9 Å². The largest absolute Gasteiger partial charge is 0.236 e. The lowest BCUT2D eigenvalue weighted by molar-refractivity contribution is 1.08. The normalized spacial score (nSPS) is 11.8. The maximum atomic E-state index is 5.30. The van der Waals surface area contributed by atoms with Gasteiger partial charge in [-0.25, -0.2) is 19.9 Å². The number of benzene rings is 9. The number of hydrogen-bond donors (Lipinski definition) is 0. The second kappa shape index (κ2) is 14.6. The van der Waals surface area contributed by atoms with Gasteiger partial charge in [0.1, 0.15) is 5.01 Å². The maximum absolute atomic E-state index is 5.30. The van der Waals surface area contributed by atoms with Gasteiger partial charge in [-0.3, -0.25) is 0 Å². The zero-order valence-electron chi connectivity index (χ0n) is 33.5. The highest BCUT2D eigenvalue weighted by Gasteiger charge is 2.21. The summed E-state index contributed by atoms with van der Waals surface area (Å²) in [6.07, 6.45) is 0. The van der Waals surface area contributed by atoms with Crippen LogP contribution in [0.5, 0.6) is 0 Å². The quantitative estimate of drug-likeness (QED) is 0.167. The third-order valence-electron chi connectivity index (χ3n) is 12.0. The predicted octanol–water partition coefficient (Wildman–Crippen LogP) is 16.4. The van der Waals surface area contributed by atoms with Gasteiger partial charge in [0.2, 0.25) is 0 Å². The van der Waals surface area contributed by atoms with Gasteiger partial charge in [0.25, 0.3) is 0 Å². The molecule has 0 saturated carbocycles. The van der Waals surface area contributed by atoms with Crippen LogP contribution in [0.25, 0.3) is 128 Å². The molecular formula is C56H32N4S3. The van der Waals surface area contributed by atoms with Crippen LogP contribution in [0.15, 0.2) is 194 Å². The van der Waals surface area contributed by atoms with Crippen molar-refractivity contribution in [1.29, 1.82) is 0 Å². The van der Waals surface area contributed by atoms with Gasteiger partial charge in [-0.15, -0.1) is 34.0 Å². The van der Waals surface area contributed by atoms with Gasteiger partial charge < -0.3 is 0 Å². The molecular weight excluding hydrogens is 825 g/mol.